The molecule has 0 saturated carbocycles. The zero-order valence-electron chi connectivity index (χ0n) is 15.6. The van der Waals surface area contributed by atoms with E-state index in [0.717, 1.165) is 15.7 Å². The highest BCUT2D eigenvalue weighted by molar-refractivity contribution is 9.10. The molecule has 30 heavy (non-hydrogen) atoms. The Morgan fingerprint density at radius 1 is 1.17 bits per heavy atom. The van der Waals surface area contributed by atoms with Gasteiger partial charge in [0.2, 0.25) is 5.13 Å². The highest BCUT2D eigenvalue weighted by Crippen LogP contribution is 2.31. The van der Waals surface area contributed by atoms with E-state index >= 15 is 0 Å². The number of carboxylic acids is 1. The average Bonchev–Trinajstić information content (AvgIpc) is 3.32. The van der Waals surface area contributed by atoms with Crippen LogP contribution in [0.15, 0.2) is 73.7 Å². The lowest BCUT2D eigenvalue weighted by Gasteiger charge is -2.08. The van der Waals surface area contributed by atoms with Crippen molar-refractivity contribution in [1.82, 2.24) is 4.98 Å². The number of rotatable bonds is 5. The lowest BCUT2D eigenvalue weighted by molar-refractivity contribution is -0.117. The van der Waals surface area contributed by atoms with Crippen molar-refractivity contribution in [1.29, 1.82) is 0 Å². The maximum Gasteiger partial charge on any atom is 0.335 e. The van der Waals surface area contributed by atoms with E-state index in [2.05, 4.69) is 36.2 Å². The lowest BCUT2D eigenvalue weighted by Crippen LogP contribution is -2.29. The molecule has 8 nitrogen and oxygen atoms in total. The number of amides is 1. The van der Waals surface area contributed by atoms with Gasteiger partial charge in [0.05, 0.1) is 22.7 Å². The fourth-order valence-corrected chi connectivity index (χ4v) is 3.79. The fraction of sp³-hybridized carbons (Fsp3) is 0.100. The van der Waals surface area contributed by atoms with E-state index in [1.807, 2.05) is 29.6 Å². The van der Waals surface area contributed by atoms with Crippen molar-refractivity contribution in [2.45, 2.75) is 13.0 Å². The van der Waals surface area contributed by atoms with Gasteiger partial charge in [-0.25, -0.2) is 9.78 Å². The molecule has 1 unspecified atom stereocenters. The summed E-state index contributed by atoms with van der Waals surface area (Å²) in [5.74, 6) is -1.36. The molecule has 0 radical (unpaired) electrons. The van der Waals surface area contributed by atoms with Crippen LogP contribution in [0.1, 0.15) is 17.3 Å². The number of halogens is 1. The van der Waals surface area contributed by atoms with E-state index in [9.17, 15) is 9.59 Å². The Labute approximate surface area is 183 Å². The first kappa shape index (κ1) is 20.0. The molecule has 2 aromatic carbocycles. The van der Waals surface area contributed by atoms with Crippen LogP contribution in [-0.2, 0) is 4.79 Å². The number of benzene rings is 2. The monoisotopic (exact) mass is 483 g/mol. The summed E-state index contributed by atoms with van der Waals surface area (Å²) in [4.78, 5) is 28.3. The van der Waals surface area contributed by atoms with Gasteiger partial charge < -0.3 is 5.11 Å². The molecule has 3 aromatic rings. The normalized spacial score (nSPS) is 16.3. The number of hydrazone groups is 1. The van der Waals surface area contributed by atoms with E-state index in [0.29, 0.717) is 16.5 Å². The van der Waals surface area contributed by atoms with E-state index in [-0.39, 0.29) is 11.5 Å². The van der Waals surface area contributed by atoms with E-state index in [1.54, 1.807) is 6.92 Å². The summed E-state index contributed by atoms with van der Waals surface area (Å²) < 4.78 is 0.974. The standard InChI is InChI=1S/C20H14BrN5O3S/c1-11-17(24-23-15-8-4-13(5-9-15)19(28)29)18(27)26(25-11)20-22-16(10-30-20)12-2-6-14(21)7-3-12/h2-10,17H,1H3,(H,28,29). The molecule has 10 heteroatoms. The number of carbonyl (C=O) groups is 2. The molecule has 0 aliphatic carbocycles. The summed E-state index contributed by atoms with van der Waals surface area (Å²) in [6, 6.07) is 12.8. The second kappa shape index (κ2) is 8.25. The van der Waals surface area contributed by atoms with Gasteiger partial charge in [-0.3, -0.25) is 4.79 Å². The van der Waals surface area contributed by atoms with Crippen LogP contribution < -0.4 is 5.01 Å². The molecule has 1 aliphatic heterocycles. The Morgan fingerprint density at radius 3 is 2.53 bits per heavy atom. The van der Waals surface area contributed by atoms with E-state index in [4.69, 9.17) is 5.11 Å². The number of thiazole rings is 1. The number of aromatic nitrogens is 1. The molecular weight excluding hydrogens is 470 g/mol. The van der Waals surface area contributed by atoms with Gasteiger partial charge in [-0.2, -0.15) is 20.3 Å². The summed E-state index contributed by atoms with van der Waals surface area (Å²) in [5, 5.41) is 25.0. The maximum absolute atomic E-state index is 12.8. The van der Waals surface area contributed by atoms with E-state index in [1.165, 1.54) is 40.6 Å². The van der Waals surface area contributed by atoms with Gasteiger partial charge in [-0.05, 0) is 43.3 Å². The molecule has 4 rings (SSSR count). The van der Waals surface area contributed by atoms with Gasteiger partial charge in [0, 0.05) is 15.4 Å². The molecule has 0 fully saturated rings. The van der Waals surface area contributed by atoms with Gasteiger partial charge in [-0.1, -0.05) is 28.1 Å². The first-order valence-electron chi connectivity index (χ1n) is 8.77. The summed E-state index contributed by atoms with van der Waals surface area (Å²) >= 11 is 4.73. The minimum absolute atomic E-state index is 0.153. The number of nitrogens with zero attached hydrogens (tertiary/aromatic N) is 5. The Bertz CT molecular complexity index is 1170. The van der Waals surface area contributed by atoms with Crippen molar-refractivity contribution in [2.75, 3.05) is 5.01 Å². The van der Waals surface area contributed by atoms with Gasteiger partial charge in [0.1, 0.15) is 0 Å². The summed E-state index contributed by atoms with van der Waals surface area (Å²) in [6.45, 7) is 1.71. The van der Waals surface area contributed by atoms with Crippen molar-refractivity contribution >= 4 is 55.7 Å². The molecule has 1 N–H and O–H groups in total. The van der Waals surface area contributed by atoms with Crippen LogP contribution in [0.2, 0.25) is 0 Å². The quantitative estimate of drug-likeness (QED) is 0.506. The minimum Gasteiger partial charge on any atom is -0.478 e. The highest BCUT2D eigenvalue weighted by atomic mass is 79.9. The molecular formula is C20H14BrN5O3S. The zero-order chi connectivity index (χ0) is 21.3. The van der Waals surface area contributed by atoms with Crippen molar-refractivity contribution in [2.24, 2.45) is 15.3 Å². The molecule has 150 valence electrons. The van der Waals surface area contributed by atoms with Crippen molar-refractivity contribution in [3.63, 3.8) is 0 Å². The van der Waals surface area contributed by atoms with Gasteiger partial charge in [0.25, 0.3) is 5.91 Å². The molecule has 0 saturated heterocycles. The third-order valence-corrected chi connectivity index (χ3v) is 5.66. The summed E-state index contributed by atoms with van der Waals surface area (Å²) in [5.41, 5.74) is 2.80. The molecule has 1 amide bonds. The predicted molar refractivity (Wildman–Crippen MR) is 118 cm³/mol. The summed E-state index contributed by atoms with van der Waals surface area (Å²) in [7, 11) is 0. The number of carbonyl (C=O) groups excluding carboxylic acids is 1. The minimum atomic E-state index is -1.02. The number of aromatic carboxylic acids is 1. The SMILES string of the molecule is CC1=NN(c2nc(-c3ccc(Br)cc3)cs2)C(=O)C1N=Nc1ccc(C(=O)O)cc1. The summed E-state index contributed by atoms with van der Waals surface area (Å²) in [6.07, 6.45) is 0. The van der Waals surface area contributed by atoms with Gasteiger partial charge >= 0.3 is 5.97 Å². The predicted octanol–water partition coefficient (Wildman–Crippen LogP) is 5.15. The first-order chi connectivity index (χ1) is 14.4. The molecule has 1 atom stereocenters. The number of anilines is 1. The van der Waals surface area contributed by atoms with Crippen LogP contribution in [0.5, 0.6) is 0 Å². The van der Waals surface area contributed by atoms with Crippen LogP contribution in [0.25, 0.3) is 11.3 Å². The fourth-order valence-electron chi connectivity index (χ4n) is 2.74. The molecule has 2 heterocycles. The highest BCUT2D eigenvalue weighted by Gasteiger charge is 2.36. The van der Waals surface area contributed by atoms with Crippen LogP contribution in [0.3, 0.4) is 0 Å². The van der Waals surface area contributed by atoms with Gasteiger partial charge in [0.15, 0.2) is 6.04 Å². The number of hydrogen-bond donors (Lipinski definition) is 1. The average molecular weight is 484 g/mol. The second-order valence-corrected chi connectivity index (χ2v) is 8.14. The number of hydrogen-bond acceptors (Lipinski definition) is 7. The second-order valence-electron chi connectivity index (χ2n) is 6.38. The Morgan fingerprint density at radius 2 is 1.87 bits per heavy atom. The lowest BCUT2D eigenvalue weighted by atomic mass is 10.2. The van der Waals surface area contributed by atoms with Crippen molar-refractivity contribution < 1.29 is 14.7 Å². The van der Waals surface area contributed by atoms with Crippen LogP contribution in [-0.4, -0.2) is 33.7 Å². The number of azo groups is 1. The maximum atomic E-state index is 12.8. The third kappa shape index (κ3) is 4.05. The van der Waals surface area contributed by atoms with Crippen LogP contribution >= 0.6 is 27.3 Å². The molecule has 1 aliphatic rings. The number of carboxylic acid groups (broad SMARTS) is 1. The third-order valence-electron chi connectivity index (χ3n) is 4.31. The van der Waals surface area contributed by atoms with Crippen LogP contribution in [0, 0.1) is 0 Å². The van der Waals surface area contributed by atoms with Crippen molar-refractivity contribution in [3.05, 3.63) is 63.9 Å². The molecule has 1 aromatic heterocycles. The molecule has 0 spiro atoms. The molecule has 0 bridgehead atoms. The largest absolute Gasteiger partial charge is 0.478 e. The smallest absolute Gasteiger partial charge is 0.335 e. The van der Waals surface area contributed by atoms with Gasteiger partial charge in [-0.15, -0.1) is 11.3 Å². The topological polar surface area (TPSA) is 108 Å². The van der Waals surface area contributed by atoms with Crippen LogP contribution in [0.4, 0.5) is 10.8 Å². The zero-order valence-corrected chi connectivity index (χ0v) is 18.0. The first-order valence-corrected chi connectivity index (χ1v) is 10.4. The Balaban J connectivity index is 1.51. The van der Waals surface area contributed by atoms with E-state index < -0.39 is 12.0 Å². The Hall–Kier alpha value is -3.24. The Kier molecular flexibility index (Phi) is 5.51. The van der Waals surface area contributed by atoms with Crippen molar-refractivity contribution in [3.8, 4) is 11.3 Å².